The van der Waals surface area contributed by atoms with Crippen LogP contribution >= 0.6 is 0 Å². The third kappa shape index (κ3) is 36.1. The molecular formula is C56H108N24O12. The highest BCUT2D eigenvalue weighted by Gasteiger charge is 2.37. The quantitative estimate of drug-likeness (QED) is 0.0153. The van der Waals surface area contributed by atoms with Crippen LogP contribution in [0.25, 0.3) is 0 Å². The third-order valence-corrected chi connectivity index (χ3v) is 13.8. The molecule has 0 fully saturated rings. The summed E-state index contributed by atoms with van der Waals surface area (Å²) in [5.74, 6) is -12.6. The number of carboxylic acid groups (broad SMARTS) is 1. The molecule has 0 spiro atoms. The van der Waals surface area contributed by atoms with Crippen molar-refractivity contribution >= 4 is 88.9 Å². The topological polar surface area (TPSA) is 652 Å². The van der Waals surface area contributed by atoms with E-state index in [1.807, 2.05) is 13.8 Å². The van der Waals surface area contributed by atoms with Crippen molar-refractivity contribution in [1.29, 1.82) is 0 Å². The van der Waals surface area contributed by atoms with Crippen molar-refractivity contribution in [1.82, 2.24) is 47.9 Å². The number of nitrogens with one attached hydrogen (secondary N) is 9. The Kier molecular flexibility index (Phi) is 40.3. The lowest BCUT2D eigenvalue weighted by atomic mass is 9.98. The smallest absolute Gasteiger partial charge is 0.326 e. The fourth-order valence-electron chi connectivity index (χ4n) is 9.04. The Balaban J connectivity index is 7.20. The molecular weight excluding hydrogens is 1200 g/mol. The highest BCUT2D eigenvalue weighted by Crippen LogP contribution is 2.14. The van der Waals surface area contributed by atoms with Crippen molar-refractivity contribution in [3.8, 4) is 0 Å². The Bertz CT molecular complexity index is 2510. The molecule has 32 N–H and O–H groups in total. The zero-order valence-corrected chi connectivity index (χ0v) is 54.6. The average Bonchev–Trinajstić information content (AvgIpc) is 0.995. The lowest BCUT2D eigenvalue weighted by molar-refractivity contribution is -0.143. The second-order valence-corrected chi connectivity index (χ2v) is 23.8. The highest BCUT2D eigenvalue weighted by atomic mass is 16.4. The summed E-state index contributed by atoms with van der Waals surface area (Å²) in [6.07, 6.45) is 0.343. The molecule has 0 unspecified atom stereocenters. The van der Waals surface area contributed by atoms with Gasteiger partial charge in [0.05, 0.1) is 12.5 Å². The largest absolute Gasteiger partial charge is 0.480 e. The molecule has 0 heterocycles. The van der Waals surface area contributed by atoms with E-state index in [2.05, 4.69) is 67.8 Å². The van der Waals surface area contributed by atoms with Crippen molar-refractivity contribution in [2.45, 2.75) is 206 Å². The number of unbranched alkanes of at least 4 members (excludes halogenated alkanes) is 1. The summed E-state index contributed by atoms with van der Waals surface area (Å²) in [4.78, 5) is 167. The Morgan fingerprint density at radius 3 is 0.946 bits per heavy atom. The predicted molar refractivity (Wildman–Crippen MR) is 348 cm³/mol. The van der Waals surface area contributed by atoms with Gasteiger partial charge in [0.25, 0.3) is 0 Å². The van der Waals surface area contributed by atoms with Gasteiger partial charge in [-0.05, 0) is 114 Å². The second kappa shape index (κ2) is 44.6. The van der Waals surface area contributed by atoms with Crippen LogP contribution in [-0.4, -0.2) is 187 Å². The van der Waals surface area contributed by atoms with E-state index in [0.29, 0.717) is 6.42 Å². The molecule has 0 aliphatic carbocycles. The molecule has 0 rings (SSSR count). The van der Waals surface area contributed by atoms with Crippen LogP contribution in [-0.2, 0) is 52.7 Å². The number of hydrogen-bond acceptors (Lipinski definition) is 17. The standard InChI is InChI=1S/C56H108N24O12/c1-28(2)25-32(58)43(82)72-34(16-11-21-68-53(60)61)46(85)78-39(27-40(59)81)49(88)80-41(30(5)6)50(89)75-36(18-13-23-70-55(64)65)45(84)73-33(15-9-10-20-57)44(83)74-35(17-12-22-69-54(62)63)47(86)77-38(26-29(3)4)48(87)79-42(31(7)8)51(90)76-37(52(91)92)19-14-24-71-56(66)67/h28-39,41-42H,9-27,57-58H2,1-8H3,(H2,59,81)(H,72,82)(H,73,84)(H,74,83)(H,75,89)(H,76,90)(H,77,86)(H,78,85)(H,79,87)(H,80,88)(H,91,92)(H4,60,61,68)(H4,62,63,69)(H4,64,65,70)(H4,66,67,71)/t32-,33-,34-,35-,36-,37-,38-,39-,41-,42-/m0/s1. The van der Waals surface area contributed by atoms with E-state index in [9.17, 15) is 57.8 Å². The molecule has 0 aliphatic rings. The minimum absolute atomic E-state index is 0.00200. The number of carboxylic acids is 1. The first-order valence-corrected chi connectivity index (χ1v) is 30.9. The number of carbonyl (C=O) groups is 11. The van der Waals surface area contributed by atoms with Crippen LogP contribution in [0.4, 0.5) is 0 Å². The summed E-state index contributed by atoms with van der Waals surface area (Å²) in [6, 6.07) is -13.7. The second-order valence-electron chi connectivity index (χ2n) is 23.8. The molecule has 0 radical (unpaired) electrons. The number of aliphatic carboxylic acids is 1. The molecule has 92 heavy (non-hydrogen) atoms. The summed E-state index contributed by atoms with van der Waals surface area (Å²) < 4.78 is 0. The molecule has 36 heteroatoms. The third-order valence-electron chi connectivity index (χ3n) is 13.8. The van der Waals surface area contributed by atoms with E-state index in [-0.39, 0.29) is 145 Å². The molecule has 10 amide bonds. The van der Waals surface area contributed by atoms with Crippen LogP contribution in [0.2, 0.25) is 0 Å². The molecule has 10 atom stereocenters. The zero-order valence-electron chi connectivity index (χ0n) is 54.6. The summed E-state index contributed by atoms with van der Waals surface area (Å²) in [5.41, 5.74) is 61.4. The van der Waals surface area contributed by atoms with Gasteiger partial charge in [-0.3, -0.25) is 67.9 Å². The Morgan fingerprint density at radius 1 is 0.348 bits per heavy atom. The average molecular weight is 1310 g/mol. The van der Waals surface area contributed by atoms with Crippen LogP contribution < -0.4 is 111 Å². The van der Waals surface area contributed by atoms with Gasteiger partial charge in [0.15, 0.2) is 23.8 Å². The number of aliphatic imine (C=N–C) groups is 4. The Labute approximate surface area is 538 Å². The van der Waals surface area contributed by atoms with Gasteiger partial charge >= 0.3 is 5.97 Å². The lowest BCUT2D eigenvalue weighted by Crippen LogP contribution is -2.61. The fourth-order valence-corrected chi connectivity index (χ4v) is 9.04. The van der Waals surface area contributed by atoms with Crippen molar-refractivity contribution in [2.75, 3.05) is 32.7 Å². The fraction of sp³-hybridized carbons (Fsp3) is 0.732. The first kappa shape index (κ1) is 83.2. The van der Waals surface area contributed by atoms with E-state index < -0.39 is 144 Å². The minimum atomic E-state index is -1.70. The number of nitrogens with zero attached hydrogens (tertiary/aromatic N) is 4. The molecule has 524 valence electrons. The number of primary amides is 1. The minimum Gasteiger partial charge on any atom is -0.480 e. The van der Waals surface area contributed by atoms with Gasteiger partial charge in [-0.1, -0.05) is 55.4 Å². The maximum Gasteiger partial charge on any atom is 0.326 e. The number of carbonyl (C=O) groups excluding carboxylic acids is 10. The molecule has 0 aromatic heterocycles. The van der Waals surface area contributed by atoms with Crippen LogP contribution in [0.3, 0.4) is 0 Å². The van der Waals surface area contributed by atoms with Crippen LogP contribution in [0.1, 0.15) is 145 Å². The first-order chi connectivity index (χ1) is 43.0. The Morgan fingerprint density at radius 2 is 0.630 bits per heavy atom. The van der Waals surface area contributed by atoms with Crippen LogP contribution in [0, 0.1) is 23.7 Å². The van der Waals surface area contributed by atoms with Crippen molar-refractivity contribution in [3.63, 3.8) is 0 Å². The Hall–Kier alpha value is -8.83. The maximum absolute atomic E-state index is 14.6. The zero-order chi connectivity index (χ0) is 70.4. The number of hydrogen-bond donors (Lipinski definition) is 21. The van der Waals surface area contributed by atoms with Crippen molar-refractivity contribution in [2.24, 2.45) is 107 Å². The maximum atomic E-state index is 14.6. The van der Waals surface area contributed by atoms with Gasteiger partial charge in [0, 0.05) is 26.2 Å². The summed E-state index contributed by atoms with van der Waals surface area (Å²) in [7, 11) is 0. The van der Waals surface area contributed by atoms with E-state index >= 15 is 0 Å². The van der Waals surface area contributed by atoms with Gasteiger partial charge in [0.1, 0.15) is 54.4 Å². The molecule has 36 nitrogen and oxygen atoms in total. The molecule has 0 aliphatic heterocycles. The predicted octanol–water partition coefficient (Wildman–Crippen LogP) is -6.62. The lowest BCUT2D eigenvalue weighted by Gasteiger charge is -2.29. The summed E-state index contributed by atoms with van der Waals surface area (Å²) in [6.45, 7) is 13.9. The van der Waals surface area contributed by atoms with Gasteiger partial charge in [-0.2, -0.15) is 0 Å². The first-order valence-electron chi connectivity index (χ1n) is 30.9. The van der Waals surface area contributed by atoms with E-state index in [4.69, 9.17) is 63.1 Å². The van der Waals surface area contributed by atoms with Crippen molar-refractivity contribution in [3.05, 3.63) is 0 Å². The summed E-state index contributed by atoms with van der Waals surface area (Å²) >= 11 is 0. The summed E-state index contributed by atoms with van der Waals surface area (Å²) in [5, 5.41) is 33.3. The van der Waals surface area contributed by atoms with E-state index in [1.165, 1.54) is 0 Å². The van der Waals surface area contributed by atoms with Crippen LogP contribution in [0.5, 0.6) is 0 Å². The van der Waals surface area contributed by atoms with Crippen LogP contribution in [0.15, 0.2) is 20.0 Å². The number of nitrogens with two attached hydrogens (primary N) is 11. The van der Waals surface area contributed by atoms with Gasteiger partial charge in [-0.25, -0.2) is 4.79 Å². The molecule has 0 aromatic rings. The van der Waals surface area contributed by atoms with Crippen molar-refractivity contribution < 1.29 is 57.8 Å². The SMILES string of the molecule is CC(C)C[C@H](NC(=O)[C@H](CCCN=C(N)N)NC(=O)[C@H](CCCCN)NC(=O)[C@H](CCCN=C(N)N)NC(=O)[C@@H](NC(=O)[C@H](CC(N)=O)NC(=O)[C@H](CCCN=C(N)N)NC(=O)[C@@H](N)CC(C)C)C(C)C)C(=O)N[C@H](C(=O)N[C@@H](CCCN=C(N)N)C(=O)O)C(C)C. The monoisotopic (exact) mass is 1310 g/mol. The number of rotatable bonds is 47. The molecule has 0 saturated carbocycles. The molecule has 0 bridgehead atoms. The van der Waals surface area contributed by atoms with Gasteiger partial charge < -0.3 is 116 Å². The molecule has 0 aromatic carbocycles. The molecule has 0 saturated heterocycles. The number of guanidine groups is 4. The van der Waals surface area contributed by atoms with E-state index in [0.717, 1.165) is 0 Å². The van der Waals surface area contributed by atoms with Gasteiger partial charge in [-0.15, -0.1) is 0 Å². The normalized spacial score (nSPS) is 14.4. The van der Waals surface area contributed by atoms with Gasteiger partial charge in [0.2, 0.25) is 59.1 Å². The highest BCUT2D eigenvalue weighted by molar-refractivity contribution is 5.99. The number of amides is 10. The van der Waals surface area contributed by atoms with E-state index in [1.54, 1.807) is 41.5 Å².